The lowest BCUT2D eigenvalue weighted by Gasteiger charge is -2.33. The Bertz CT molecular complexity index is 899. The van der Waals surface area contributed by atoms with E-state index in [1.807, 2.05) is 20.2 Å². The molecule has 1 unspecified atom stereocenters. The molecule has 1 amide bonds. The molecule has 2 aromatic carbocycles. The first-order valence-corrected chi connectivity index (χ1v) is 11.1. The number of hydrogen-bond acceptors (Lipinski definition) is 4. The van der Waals surface area contributed by atoms with Gasteiger partial charge in [0, 0.05) is 68.0 Å². The highest BCUT2D eigenvalue weighted by Crippen LogP contribution is 2.38. The van der Waals surface area contributed by atoms with E-state index in [0.29, 0.717) is 24.0 Å². The Morgan fingerprint density at radius 2 is 1.68 bits per heavy atom. The van der Waals surface area contributed by atoms with Crippen LogP contribution in [0.15, 0.2) is 36.4 Å². The zero-order valence-electron chi connectivity index (χ0n) is 18.2. The van der Waals surface area contributed by atoms with Crippen LogP contribution in [0.4, 0.5) is 10.5 Å². The second-order valence-corrected chi connectivity index (χ2v) is 8.99. The minimum Gasteiger partial charge on any atom is -0.465 e. The molecule has 2 aliphatic rings. The van der Waals surface area contributed by atoms with E-state index < -0.39 is 6.09 Å². The van der Waals surface area contributed by atoms with Gasteiger partial charge in [0.05, 0.1) is 0 Å². The first kappa shape index (κ1) is 23.7. The van der Waals surface area contributed by atoms with E-state index in [1.165, 1.54) is 21.6 Å². The van der Waals surface area contributed by atoms with Crippen LogP contribution in [0.3, 0.4) is 0 Å². The van der Waals surface area contributed by atoms with E-state index in [-0.39, 0.29) is 0 Å². The van der Waals surface area contributed by atoms with Crippen LogP contribution < -0.4 is 5.32 Å². The van der Waals surface area contributed by atoms with Crippen molar-refractivity contribution in [2.24, 2.45) is 0 Å². The first-order chi connectivity index (χ1) is 14.8. The van der Waals surface area contributed by atoms with E-state index in [0.717, 1.165) is 36.9 Å². The summed E-state index contributed by atoms with van der Waals surface area (Å²) in [5.74, 6) is 0.306. The number of anilines is 1. The topological polar surface area (TPSA) is 59.1 Å². The zero-order chi connectivity index (χ0) is 22.5. The van der Waals surface area contributed by atoms with E-state index in [1.54, 1.807) is 0 Å². The summed E-state index contributed by atoms with van der Waals surface area (Å²) in [6.07, 6.45) is -0.798. The van der Waals surface area contributed by atoms with Crippen LogP contribution in [-0.2, 0) is 6.54 Å². The maximum atomic E-state index is 10.4. The Labute approximate surface area is 194 Å². The third-order valence-corrected chi connectivity index (χ3v) is 6.42. The molecule has 1 fully saturated rings. The van der Waals surface area contributed by atoms with E-state index in [2.05, 4.69) is 52.5 Å². The Kier molecular flexibility index (Phi) is 8.06. The SMILES string of the molecule is CN1CCN(C(=O)O)CC1.CNc1ccc(C2CN(C)Cc3c(Cl)cc(Cl)cc32)cc1. The zero-order valence-corrected chi connectivity index (χ0v) is 19.7. The molecule has 4 rings (SSSR count). The molecular formula is C23H30Cl2N4O2. The van der Waals surface area contributed by atoms with Crippen molar-refractivity contribution in [2.45, 2.75) is 12.5 Å². The lowest BCUT2D eigenvalue weighted by molar-refractivity contribution is 0.115. The maximum Gasteiger partial charge on any atom is 0.407 e. The summed E-state index contributed by atoms with van der Waals surface area (Å²) >= 11 is 12.6. The number of halogens is 2. The van der Waals surface area contributed by atoms with Crippen molar-refractivity contribution in [3.8, 4) is 0 Å². The molecule has 2 aromatic rings. The number of carboxylic acid groups (broad SMARTS) is 1. The summed E-state index contributed by atoms with van der Waals surface area (Å²) < 4.78 is 0. The largest absolute Gasteiger partial charge is 0.465 e. The maximum absolute atomic E-state index is 10.4. The van der Waals surface area contributed by atoms with Crippen molar-refractivity contribution in [1.82, 2.24) is 14.7 Å². The molecule has 0 aromatic heterocycles. The molecule has 0 spiro atoms. The molecule has 8 heteroatoms. The standard InChI is InChI=1S/C17H18Cl2N2.C6H12N2O2/c1-20-13-5-3-11(4-6-13)15-9-21(2)10-16-14(15)7-12(18)8-17(16)19;1-7-2-4-8(5-3-7)6(9)10/h3-8,15,20H,9-10H2,1-2H3;2-5H2,1H3,(H,9,10). The highest BCUT2D eigenvalue weighted by Gasteiger charge is 2.27. The number of benzene rings is 2. The number of amides is 1. The molecule has 0 bridgehead atoms. The van der Waals surface area contributed by atoms with Gasteiger partial charge in [0.25, 0.3) is 0 Å². The number of fused-ring (bicyclic) bond motifs is 1. The van der Waals surface area contributed by atoms with Crippen molar-refractivity contribution < 1.29 is 9.90 Å². The van der Waals surface area contributed by atoms with Crippen LogP contribution in [0.2, 0.25) is 10.0 Å². The minimum absolute atomic E-state index is 0.306. The number of piperazine rings is 1. The van der Waals surface area contributed by atoms with Crippen molar-refractivity contribution in [1.29, 1.82) is 0 Å². The number of hydrogen-bond donors (Lipinski definition) is 2. The van der Waals surface area contributed by atoms with Gasteiger partial charge >= 0.3 is 6.09 Å². The second-order valence-electron chi connectivity index (χ2n) is 8.15. The summed E-state index contributed by atoms with van der Waals surface area (Å²) in [6.45, 7) is 4.84. The quantitative estimate of drug-likeness (QED) is 0.683. The molecule has 31 heavy (non-hydrogen) atoms. The smallest absolute Gasteiger partial charge is 0.407 e. The highest BCUT2D eigenvalue weighted by atomic mass is 35.5. The van der Waals surface area contributed by atoms with Crippen LogP contribution in [0.1, 0.15) is 22.6 Å². The van der Waals surface area contributed by atoms with Gasteiger partial charge in [-0.15, -0.1) is 0 Å². The van der Waals surface area contributed by atoms with Crippen LogP contribution >= 0.6 is 23.2 Å². The van der Waals surface area contributed by atoms with E-state index in [9.17, 15) is 4.79 Å². The third kappa shape index (κ3) is 6.04. The predicted molar refractivity (Wildman–Crippen MR) is 128 cm³/mol. The molecule has 2 N–H and O–H groups in total. The van der Waals surface area contributed by atoms with Gasteiger partial charge in [0.1, 0.15) is 0 Å². The monoisotopic (exact) mass is 464 g/mol. The molecule has 0 radical (unpaired) electrons. The fourth-order valence-electron chi connectivity index (χ4n) is 4.01. The highest BCUT2D eigenvalue weighted by molar-refractivity contribution is 6.35. The first-order valence-electron chi connectivity index (χ1n) is 10.4. The number of carbonyl (C=O) groups is 1. The summed E-state index contributed by atoms with van der Waals surface area (Å²) in [7, 11) is 6.06. The molecule has 6 nitrogen and oxygen atoms in total. The van der Waals surface area contributed by atoms with Gasteiger partial charge in [-0.3, -0.25) is 0 Å². The average Bonchev–Trinajstić information content (AvgIpc) is 2.75. The van der Waals surface area contributed by atoms with Crippen LogP contribution in [0, 0.1) is 0 Å². The number of rotatable bonds is 2. The van der Waals surface area contributed by atoms with Gasteiger partial charge in [0.15, 0.2) is 0 Å². The summed E-state index contributed by atoms with van der Waals surface area (Å²) in [5.41, 5.74) is 4.85. The van der Waals surface area contributed by atoms with Crippen LogP contribution in [-0.4, -0.2) is 79.8 Å². The fraction of sp³-hybridized carbons (Fsp3) is 0.435. The summed E-state index contributed by atoms with van der Waals surface area (Å²) in [5, 5.41) is 13.2. The summed E-state index contributed by atoms with van der Waals surface area (Å²) in [6, 6.07) is 12.5. The van der Waals surface area contributed by atoms with Crippen LogP contribution in [0.5, 0.6) is 0 Å². The van der Waals surface area contributed by atoms with Gasteiger partial charge in [-0.1, -0.05) is 35.3 Å². The number of likely N-dealkylation sites (N-methyl/N-ethyl adjacent to an activating group) is 2. The van der Waals surface area contributed by atoms with Crippen molar-refractivity contribution >= 4 is 35.0 Å². The molecule has 168 valence electrons. The normalized spacial score (nSPS) is 19.3. The molecule has 0 saturated carbocycles. The molecule has 1 saturated heterocycles. The third-order valence-electron chi connectivity index (χ3n) is 5.87. The second kappa shape index (κ2) is 10.6. The Hall–Kier alpha value is -1.99. The molecule has 1 atom stereocenters. The molecule has 0 aliphatic carbocycles. The molecular weight excluding hydrogens is 435 g/mol. The van der Waals surface area contributed by atoms with Gasteiger partial charge in [-0.25, -0.2) is 4.79 Å². The Balaban J connectivity index is 0.000000229. The number of nitrogens with one attached hydrogen (secondary N) is 1. The average molecular weight is 465 g/mol. The van der Waals surface area contributed by atoms with E-state index in [4.69, 9.17) is 28.3 Å². The van der Waals surface area contributed by atoms with Crippen molar-refractivity contribution in [3.05, 3.63) is 63.1 Å². The summed E-state index contributed by atoms with van der Waals surface area (Å²) in [4.78, 5) is 16.2. The molecule has 2 aliphatic heterocycles. The van der Waals surface area contributed by atoms with Gasteiger partial charge < -0.3 is 25.1 Å². The van der Waals surface area contributed by atoms with Gasteiger partial charge in [0.2, 0.25) is 0 Å². The fourth-order valence-corrected chi connectivity index (χ4v) is 4.58. The van der Waals surface area contributed by atoms with Crippen molar-refractivity contribution in [3.63, 3.8) is 0 Å². The van der Waals surface area contributed by atoms with Crippen molar-refractivity contribution in [2.75, 3.05) is 59.2 Å². The lowest BCUT2D eigenvalue weighted by Crippen LogP contribution is -2.46. The minimum atomic E-state index is -0.798. The Morgan fingerprint density at radius 3 is 2.26 bits per heavy atom. The van der Waals surface area contributed by atoms with Crippen LogP contribution in [0.25, 0.3) is 0 Å². The Morgan fingerprint density at radius 1 is 1.03 bits per heavy atom. The number of nitrogens with zero attached hydrogens (tertiary/aromatic N) is 3. The van der Waals surface area contributed by atoms with Gasteiger partial charge in [-0.2, -0.15) is 0 Å². The van der Waals surface area contributed by atoms with Gasteiger partial charge in [-0.05, 0) is 55.1 Å². The molecule has 2 heterocycles. The van der Waals surface area contributed by atoms with E-state index >= 15 is 0 Å². The predicted octanol–water partition coefficient (Wildman–Crippen LogP) is 4.52. The lowest BCUT2D eigenvalue weighted by atomic mass is 9.85.